The van der Waals surface area contributed by atoms with E-state index in [1.807, 2.05) is 0 Å². The molecule has 1 aromatic heterocycles. The fourth-order valence-electron chi connectivity index (χ4n) is 1.65. The van der Waals surface area contributed by atoms with Crippen molar-refractivity contribution in [3.05, 3.63) is 47.3 Å². The highest BCUT2D eigenvalue weighted by Gasteiger charge is 2.11. The van der Waals surface area contributed by atoms with Crippen LogP contribution in [0.2, 0.25) is 0 Å². The predicted molar refractivity (Wildman–Crippen MR) is 64.2 cm³/mol. The molecule has 19 heavy (non-hydrogen) atoms. The molecule has 0 saturated carbocycles. The molecule has 100 valence electrons. The first-order chi connectivity index (χ1) is 8.97. The molecule has 0 spiro atoms. The van der Waals surface area contributed by atoms with Crippen LogP contribution < -0.4 is 4.74 Å². The summed E-state index contributed by atoms with van der Waals surface area (Å²) in [5.74, 6) is -2.27. The maximum absolute atomic E-state index is 12.9. The molecular formula is C13H12F2N2O2. The smallest absolute Gasteiger partial charge is 0.284 e. The Morgan fingerprint density at radius 3 is 2.58 bits per heavy atom. The van der Waals surface area contributed by atoms with Gasteiger partial charge >= 0.3 is 0 Å². The molecule has 0 aliphatic heterocycles. The number of aromatic nitrogens is 2. The van der Waals surface area contributed by atoms with E-state index in [2.05, 4.69) is 5.10 Å². The van der Waals surface area contributed by atoms with Crippen molar-refractivity contribution in [2.75, 3.05) is 6.61 Å². The van der Waals surface area contributed by atoms with Gasteiger partial charge in [0, 0.05) is 11.8 Å². The summed E-state index contributed by atoms with van der Waals surface area (Å²) in [5.41, 5.74) is 1.41. The first-order valence-corrected chi connectivity index (χ1v) is 5.61. The predicted octanol–water partition coefficient (Wildman–Crippen LogP) is 2.50. The number of aryl methyl sites for hydroxylation is 2. The lowest BCUT2D eigenvalue weighted by Gasteiger charge is -2.06. The van der Waals surface area contributed by atoms with E-state index in [0.717, 1.165) is 17.8 Å². The molecule has 0 N–H and O–H groups in total. The summed E-state index contributed by atoms with van der Waals surface area (Å²) in [4.78, 5) is 11.8. The van der Waals surface area contributed by atoms with Crippen LogP contribution in [0.3, 0.4) is 0 Å². The molecule has 0 aliphatic carbocycles. The summed E-state index contributed by atoms with van der Waals surface area (Å²) in [7, 11) is 0. The van der Waals surface area contributed by atoms with Crippen molar-refractivity contribution in [2.45, 2.75) is 13.8 Å². The summed E-state index contributed by atoms with van der Waals surface area (Å²) in [5, 5.41) is 4.01. The van der Waals surface area contributed by atoms with E-state index in [9.17, 15) is 13.6 Å². The van der Waals surface area contributed by atoms with E-state index in [1.165, 1.54) is 10.7 Å². The average Bonchev–Trinajstić information content (AvgIpc) is 2.70. The maximum atomic E-state index is 12.9. The number of halogens is 2. The van der Waals surface area contributed by atoms with E-state index in [0.29, 0.717) is 5.69 Å². The lowest BCUT2D eigenvalue weighted by Crippen LogP contribution is -2.21. The van der Waals surface area contributed by atoms with E-state index >= 15 is 0 Å². The first-order valence-electron chi connectivity index (χ1n) is 5.61. The molecule has 1 aromatic carbocycles. The Kier molecular flexibility index (Phi) is 3.59. The molecule has 0 atom stereocenters. The van der Waals surface area contributed by atoms with Crippen molar-refractivity contribution < 1.29 is 18.3 Å². The minimum absolute atomic E-state index is 0.0915. The number of nitrogens with zero attached hydrogens (tertiary/aromatic N) is 2. The molecule has 0 fully saturated rings. The lowest BCUT2D eigenvalue weighted by atomic mass is 10.3. The van der Waals surface area contributed by atoms with Gasteiger partial charge in [0.2, 0.25) is 0 Å². The minimum atomic E-state index is -1.02. The van der Waals surface area contributed by atoms with Crippen LogP contribution in [-0.4, -0.2) is 22.3 Å². The fraction of sp³-hybridized carbons (Fsp3) is 0.231. The number of carbonyl (C=O) groups is 1. The van der Waals surface area contributed by atoms with Crippen molar-refractivity contribution in [1.82, 2.24) is 9.78 Å². The minimum Gasteiger partial charge on any atom is -0.484 e. The highest BCUT2D eigenvalue weighted by molar-refractivity contribution is 5.80. The zero-order valence-electron chi connectivity index (χ0n) is 10.5. The molecule has 0 bridgehead atoms. The Morgan fingerprint density at radius 2 is 2.00 bits per heavy atom. The van der Waals surface area contributed by atoms with Crippen molar-refractivity contribution in [2.24, 2.45) is 0 Å². The van der Waals surface area contributed by atoms with E-state index in [1.54, 1.807) is 19.9 Å². The van der Waals surface area contributed by atoms with E-state index in [4.69, 9.17) is 4.74 Å². The van der Waals surface area contributed by atoms with Gasteiger partial charge in [-0.1, -0.05) is 0 Å². The summed E-state index contributed by atoms with van der Waals surface area (Å²) in [6.45, 7) is 3.22. The van der Waals surface area contributed by atoms with Crippen molar-refractivity contribution in [1.29, 1.82) is 0 Å². The van der Waals surface area contributed by atoms with Crippen molar-refractivity contribution in [3.8, 4) is 5.75 Å². The number of ether oxygens (including phenoxy) is 1. The van der Waals surface area contributed by atoms with Gasteiger partial charge in [0.05, 0.1) is 5.69 Å². The molecule has 0 amide bonds. The van der Waals surface area contributed by atoms with Gasteiger partial charge in [-0.05, 0) is 32.0 Å². The molecule has 0 aliphatic rings. The normalized spacial score (nSPS) is 10.5. The molecule has 2 aromatic rings. The molecule has 1 heterocycles. The third-order valence-corrected chi connectivity index (χ3v) is 2.50. The Balaban J connectivity index is 2.04. The van der Waals surface area contributed by atoms with Crippen LogP contribution in [0, 0.1) is 25.5 Å². The van der Waals surface area contributed by atoms with Crippen molar-refractivity contribution in [3.63, 3.8) is 0 Å². The Labute approximate surface area is 108 Å². The quantitative estimate of drug-likeness (QED) is 0.857. The Hall–Kier alpha value is -2.24. The van der Waals surface area contributed by atoms with Crippen LogP contribution in [-0.2, 0) is 0 Å². The van der Waals surface area contributed by atoms with Gasteiger partial charge in [-0.3, -0.25) is 4.79 Å². The number of rotatable bonds is 3. The molecule has 2 rings (SSSR count). The van der Waals surface area contributed by atoms with Gasteiger partial charge in [-0.15, -0.1) is 0 Å². The van der Waals surface area contributed by atoms with Crippen LogP contribution in [0.1, 0.15) is 16.2 Å². The van der Waals surface area contributed by atoms with Gasteiger partial charge in [0.1, 0.15) is 5.75 Å². The van der Waals surface area contributed by atoms with Gasteiger partial charge in [0.15, 0.2) is 18.2 Å². The average molecular weight is 266 g/mol. The molecule has 4 nitrogen and oxygen atoms in total. The zero-order valence-corrected chi connectivity index (χ0v) is 10.5. The Bertz CT molecular complexity index is 623. The van der Waals surface area contributed by atoms with Crippen LogP contribution in [0.15, 0.2) is 24.3 Å². The Morgan fingerprint density at radius 1 is 1.26 bits per heavy atom. The second-order valence-electron chi connectivity index (χ2n) is 4.10. The summed E-state index contributed by atoms with van der Waals surface area (Å²) >= 11 is 0. The highest BCUT2D eigenvalue weighted by Crippen LogP contribution is 2.15. The fourth-order valence-corrected chi connectivity index (χ4v) is 1.65. The molecular weight excluding hydrogens is 254 g/mol. The summed E-state index contributed by atoms with van der Waals surface area (Å²) in [6.07, 6.45) is 0. The largest absolute Gasteiger partial charge is 0.484 e. The van der Waals surface area contributed by atoms with Gasteiger partial charge in [-0.25, -0.2) is 13.5 Å². The standard InChI is InChI=1S/C13H12F2N2O2/c1-8-5-9(2)17(16-8)13(18)7-19-10-3-4-11(14)12(15)6-10/h3-6H,7H2,1-2H3. The second kappa shape index (κ2) is 5.17. The zero-order chi connectivity index (χ0) is 14.0. The molecule has 6 heteroatoms. The van der Waals surface area contributed by atoms with Crippen LogP contribution in [0.5, 0.6) is 5.75 Å². The third-order valence-electron chi connectivity index (χ3n) is 2.50. The van der Waals surface area contributed by atoms with Gasteiger partial charge < -0.3 is 4.74 Å². The monoisotopic (exact) mass is 266 g/mol. The number of carbonyl (C=O) groups excluding carboxylic acids is 1. The second-order valence-corrected chi connectivity index (χ2v) is 4.10. The summed E-state index contributed by atoms with van der Waals surface area (Å²) < 4.78 is 32.0. The topological polar surface area (TPSA) is 44.1 Å². The number of hydrogen-bond donors (Lipinski definition) is 0. The molecule has 0 unspecified atom stereocenters. The van der Waals surface area contributed by atoms with E-state index < -0.39 is 11.6 Å². The molecule has 0 saturated heterocycles. The molecule has 0 radical (unpaired) electrons. The van der Waals surface area contributed by atoms with Gasteiger partial charge in [-0.2, -0.15) is 5.10 Å². The number of benzene rings is 1. The SMILES string of the molecule is Cc1cc(C)n(C(=O)COc2ccc(F)c(F)c2)n1. The lowest BCUT2D eigenvalue weighted by molar-refractivity contribution is 0.0817. The van der Waals surface area contributed by atoms with Crippen LogP contribution in [0.4, 0.5) is 8.78 Å². The third kappa shape index (κ3) is 2.96. The summed E-state index contributed by atoms with van der Waals surface area (Å²) in [6, 6.07) is 4.85. The maximum Gasteiger partial charge on any atom is 0.284 e. The van der Waals surface area contributed by atoms with Crippen LogP contribution >= 0.6 is 0 Å². The highest BCUT2D eigenvalue weighted by atomic mass is 19.2. The van der Waals surface area contributed by atoms with Crippen LogP contribution in [0.25, 0.3) is 0 Å². The first kappa shape index (κ1) is 13.2. The van der Waals surface area contributed by atoms with Gasteiger partial charge in [0.25, 0.3) is 5.91 Å². The van der Waals surface area contributed by atoms with Crippen molar-refractivity contribution >= 4 is 5.91 Å². The van der Waals surface area contributed by atoms with E-state index in [-0.39, 0.29) is 18.3 Å². The number of hydrogen-bond acceptors (Lipinski definition) is 3.